The van der Waals surface area contributed by atoms with Gasteiger partial charge in [-0.15, -0.1) is 0 Å². The van der Waals surface area contributed by atoms with Crippen LogP contribution in [0.3, 0.4) is 0 Å². The van der Waals surface area contributed by atoms with Crippen LogP contribution in [0.5, 0.6) is 6.01 Å². The van der Waals surface area contributed by atoms with Gasteiger partial charge in [0.2, 0.25) is 0 Å². The lowest BCUT2D eigenvalue weighted by Crippen LogP contribution is -2.13. The molecule has 2 rings (SSSR count). The number of carboxylic acid groups (broad SMARTS) is 1. The molecule has 1 aromatic heterocycles. The van der Waals surface area contributed by atoms with E-state index in [1.807, 2.05) is 43.1 Å². The molecule has 116 valence electrons. The Hall–Kier alpha value is -2.34. The van der Waals surface area contributed by atoms with Crippen molar-refractivity contribution >= 4 is 29.1 Å². The average Bonchev–Trinajstić information content (AvgIpc) is 2.45. The zero-order valence-electron chi connectivity index (χ0n) is 12.3. The standard InChI is InChI=1S/C15H16ClN3O3/c1-10-4-3-5-11(8-10)19(2)13-9-12(16)17-15(18-13)22-7-6-14(20)21/h3-5,8-9H,6-7H2,1-2H3,(H,20,21). The summed E-state index contributed by atoms with van der Waals surface area (Å²) >= 11 is 5.98. The molecule has 1 N–H and O–H groups in total. The minimum atomic E-state index is -0.945. The molecule has 0 saturated heterocycles. The number of halogens is 1. The van der Waals surface area contributed by atoms with Crippen LogP contribution in [0.1, 0.15) is 12.0 Å². The van der Waals surface area contributed by atoms with Gasteiger partial charge in [0.1, 0.15) is 17.6 Å². The highest BCUT2D eigenvalue weighted by Crippen LogP contribution is 2.25. The van der Waals surface area contributed by atoms with E-state index in [0.717, 1.165) is 11.3 Å². The smallest absolute Gasteiger partial charge is 0.319 e. The number of aliphatic carboxylic acids is 1. The second-order valence-corrected chi connectivity index (χ2v) is 5.11. The molecule has 1 aromatic carbocycles. The van der Waals surface area contributed by atoms with Gasteiger partial charge in [-0.25, -0.2) is 0 Å². The summed E-state index contributed by atoms with van der Waals surface area (Å²) in [6, 6.07) is 9.60. The summed E-state index contributed by atoms with van der Waals surface area (Å²) in [6.07, 6.45) is -0.126. The maximum atomic E-state index is 10.5. The number of rotatable bonds is 6. The average molecular weight is 322 g/mol. The van der Waals surface area contributed by atoms with Crippen LogP contribution in [0.25, 0.3) is 0 Å². The molecule has 2 aromatic rings. The molecule has 7 heteroatoms. The first-order chi connectivity index (χ1) is 10.5. The Morgan fingerprint density at radius 3 is 2.82 bits per heavy atom. The van der Waals surface area contributed by atoms with Crippen LogP contribution in [0.2, 0.25) is 5.15 Å². The van der Waals surface area contributed by atoms with Crippen LogP contribution in [-0.2, 0) is 4.79 Å². The van der Waals surface area contributed by atoms with Gasteiger partial charge < -0.3 is 14.7 Å². The molecule has 0 aliphatic heterocycles. The number of hydrogen-bond donors (Lipinski definition) is 1. The summed E-state index contributed by atoms with van der Waals surface area (Å²) in [5.74, 6) is -0.380. The third-order valence-corrected chi connectivity index (χ3v) is 3.13. The molecule has 0 aliphatic rings. The Morgan fingerprint density at radius 2 is 2.14 bits per heavy atom. The van der Waals surface area contributed by atoms with Crippen molar-refractivity contribution in [3.8, 4) is 6.01 Å². The zero-order valence-corrected chi connectivity index (χ0v) is 13.0. The summed E-state index contributed by atoms with van der Waals surface area (Å²) in [5.41, 5.74) is 2.08. The molecule has 0 atom stereocenters. The molecule has 0 bridgehead atoms. The van der Waals surface area contributed by atoms with E-state index < -0.39 is 5.97 Å². The quantitative estimate of drug-likeness (QED) is 0.824. The maximum absolute atomic E-state index is 10.5. The fraction of sp³-hybridized carbons (Fsp3) is 0.267. The number of nitrogens with zero attached hydrogens (tertiary/aromatic N) is 3. The number of anilines is 2. The van der Waals surface area contributed by atoms with Gasteiger partial charge in [-0.3, -0.25) is 4.79 Å². The van der Waals surface area contributed by atoms with Crippen LogP contribution < -0.4 is 9.64 Å². The maximum Gasteiger partial charge on any atom is 0.319 e. The van der Waals surface area contributed by atoms with Gasteiger partial charge in [-0.05, 0) is 24.6 Å². The number of benzene rings is 1. The highest BCUT2D eigenvalue weighted by atomic mass is 35.5. The predicted octanol–water partition coefficient (Wildman–Crippen LogP) is 3.06. The molecule has 0 amide bonds. The molecule has 0 radical (unpaired) electrons. The van der Waals surface area contributed by atoms with Crippen LogP contribution >= 0.6 is 11.6 Å². The number of aryl methyl sites for hydroxylation is 1. The summed E-state index contributed by atoms with van der Waals surface area (Å²) in [6.45, 7) is 1.99. The van der Waals surface area contributed by atoms with Gasteiger partial charge in [0.05, 0.1) is 6.42 Å². The highest BCUT2D eigenvalue weighted by Gasteiger charge is 2.11. The van der Waals surface area contributed by atoms with Crippen molar-refractivity contribution in [3.05, 3.63) is 41.0 Å². The number of carbonyl (C=O) groups is 1. The van der Waals surface area contributed by atoms with Gasteiger partial charge in [0.25, 0.3) is 0 Å². The van der Waals surface area contributed by atoms with Gasteiger partial charge in [-0.1, -0.05) is 23.7 Å². The fourth-order valence-electron chi connectivity index (χ4n) is 1.82. The van der Waals surface area contributed by atoms with E-state index in [0.29, 0.717) is 5.82 Å². The molecule has 0 saturated carbocycles. The first-order valence-corrected chi connectivity index (χ1v) is 7.03. The van der Waals surface area contributed by atoms with E-state index in [9.17, 15) is 4.79 Å². The SMILES string of the molecule is Cc1cccc(N(C)c2cc(Cl)nc(OCCC(=O)O)n2)c1. The minimum Gasteiger partial charge on any atom is -0.481 e. The van der Waals surface area contributed by atoms with Crippen molar-refractivity contribution in [2.45, 2.75) is 13.3 Å². The Balaban J connectivity index is 2.19. The lowest BCUT2D eigenvalue weighted by atomic mass is 10.2. The van der Waals surface area contributed by atoms with Gasteiger partial charge >= 0.3 is 12.0 Å². The van der Waals surface area contributed by atoms with Crippen molar-refractivity contribution in [1.82, 2.24) is 9.97 Å². The van der Waals surface area contributed by atoms with Gasteiger partial charge in [-0.2, -0.15) is 9.97 Å². The summed E-state index contributed by atoms with van der Waals surface area (Å²) < 4.78 is 5.23. The second-order valence-electron chi connectivity index (χ2n) is 4.72. The van der Waals surface area contributed by atoms with Crippen molar-refractivity contribution in [2.24, 2.45) is 0 Å². The van der Waals surface area contributed by atoms with Crippen LogP contribution in [0, 0.1) is 6.92 Å². The van der Waals surface area contributed by atoms with Gasteiger partial charge in [0.15, 0.2) is 0 Å². The number of hydrogen-bond acceptors (Lipinski definition) is 5. The van der Waals surface area contributed by atoms with E-state index in [1.54, 1.807) is 6.07 Å². The molecule has 1 heterocycles. The van der Waals surface area contributed by atoms with Crippen LogP contribution in [-0.4, -0.2) is 34.7 Å². The lowest BCUT2D eigenvalue weighted by molar-refractivity contribution is -0.137. The Labute approximate surface area is 133 Å². The molecular formula is C15H16ClN3O3. The van der Waals surface area contributed by atoms with Crippen LogP contribution in [0.4, 0.5) is 11.5 Å². The lowest BCUT2D eigenvalue weighted by Gasteiger charge is -2.19. The Morgan fingerprint density at radius 1 is 1.36 bits per heavy atom. The minimum absolute atomic E-state index is 0.0106. The van der Waals surface area contributed by atoms with Crippen molar-refractivity contribution in [2.75, 3.05) is 18.6 Å². The molecule has 0 spiro atoms. The Kier molecular flexibility index (Phi) is 5.16. The second kappa shape index (κ2) is 7.09. The third-order valence-electron chi connectivity index (χ3n) is 2.94. The zero-order chi connectivity index (χ0) is 16.1. The Bertz CT molecular complexity index is 679. The molecule has 22 heavy (non-hydrogen) atoms. The fourth-order valence-corrected chi connectivity index (χ4v) is 1.99. The molecular weight excluding hydrogens is 306 g/mol. The summed E-state index contributed by atoms with van der Waals surface area (Å²) in [5, 5.41) is 8.84. The topological polar surface area (TPSA) is 75.6 Å². The monoisotopic (exact) mass is 321 g/mol. The largest absolute Gasteiger partial charge is 0.481 e. The number of aromatic nitrogens is 2. The first kappa shape index (κ1) is 16.0. The van der Waals surface area contributed by atoms with Crippen molar-refractivity contribution in [3.63, 3.8) is 0 Å². The summed E-state index contributed by atoms with van der Waals surface area (Å²) in [7, 11) is 1.86. The normalized spacial score (nSPS) is 10.3. The van der Waals surface area contributed by atoms with Crippen molar-refractivity contribution < 1.29 is 14.6 Å². The number of ether oxygens (including phenoxy) is 1. The highest BCUT2D eigenvalue weighted by molar-refractivity contribution is 6.29. The number of carboxylic acids is 1. The predicted molar refractivity (Wildman–Crippen MR) is 84.0 cm³/mol. The molecule has 6 nitrogen and oxygen atoms in total. The third kappa shape index (κ3) is 4.33. The van der Waals surface area contributed by atoms with E-state index in [1.165, 1.54) is 0 Å². The van der Waals surface area contributed by atoms with Crippen molar-refractivity contribution in [1.29, 1.82) is 0 Å². The van der Waals surface area contributed by atoms with E-state index in [-0.39, 0.29) is 24.2 Å². The van der Waals surface area contributed by atoms with E-state index in [2.05, 4.69) is 9.97 Å². The first-order valence-electron chi connectivity index (χ1n) is 6.65. The van der Waals surface area contributed by atoms with E-state index in [4.69, 9.17) is 21.4 Å². The van der Waals surface area contributed by atoms with E-state index >= 15 is 0 Å². The molecule has 0 aliphatic carbocycles. The van der Waals surface area contributed by atoms with Gasteiger partial charge in [0, 0.05) is 18.8 Å². The van der Waals surface area contributed by atoms with Crippen LogP contribution in [0.15, 0.2) is 30.3 Å². The molecule has 0 unspecified atom stereocenters. The summed E-state index contributed by atoms with van der Waals surface area (Å²) in [4.78, 5) is 20.5. The molecule has 0 fully saturated rings.